The number of nitrogens with one attached hydrogen (secondary N) is 1. The molecule has 1 amide bonds. The van der Waals surface area contributed by atoms with Gasteiger partial charge in [0.1, 0.15) is 6.04 Å². The number of amides is 1. The molecular weight excluding hydrogens is 558 g/mol. The van der Waals surface area contributed by atoms with Crippen LogP contribution in [0.4, 0.5) is 0 Å². The van der Waals surface area contributed by atoms with Crippen LogP contribution in [0.25, 0.3) is 0 Å². The molecule has 2 aromatic rings. The lowest BCUT2D eigenvalue weighted by molar-refractivity contribution is -0.145. The van der Waals surface area contributed by atoms with Crippen molar-refractivity contribution in [1.82, 2.24) is 15.1 Å². The van der Waals surface area contributed by atoms with Crippen molar-refractivity contribution in [3.8, 4) is 0 Å². The average molecular weight is 614 g/mol. The molecule has 2 atom stereocenters. The molecule has 2 N–H and O–H groups in total. The van der Waals surface area contributed by atoms with Crippen molar-refractivity contribution in [2.75, 3.05) is 39.6 Å². The molecule has 0 spiro atoms. The van der Waals surface area contributed by atoms with Gasteiger partial charge in [-0.15, -0.1) is 11.6 Å². The van der Waals surface area contributed by atoms with Gasteiger partial charge in [0.2, 0.25) is 5.91 Å². The fraction of sp³-hybridized carbons (Fsp3) is 0.611. The maximum atomic E-state index is 11.8. The second-order valence-corrected chi connectivity index (χ2v) is 11.8. The molecule has 240 valence electrons. The predicted octanol–water partition coefficient (Wildman–Crippen LogP) is 7.43. The third-order valence-corrected chi connectivity index (χ3v) is 8.88. The molecule has 2 aliphatic heterocycles. The molecule has 0 radical (unpaired) electrons. The molecule has 1 unspecified atom stereocenters. The maximum absolute atomic E-state index is 11.8. The van der Waals surface area contributed by atoms with Gasteiger partial charge < -0.3 is 15.3 Å². The smallest absolute Gasteiger partial charge is 0.321 e. The first-order valence-corrected chi connectivity index (χ1v) is 17.1. The molecule has 1 saturated carbocycles. The molecule has 43 heavy (non-hydrogen) atoms. The van der Waals surface area contributed by atoms with Gasteiger partial charge in [0.05, 0.1) is 0 Å². The molecule has 6 nitrogen and oxygen atoms in total. The minimum absolute atomic E-state index is 0.188. The van der Waals surface area contributed by atoms with Crippen LogP contribution >= 0.6 is 11.6 Å². The first-order valence-electron chi connectivity index (χ1n) is 16.4. The van der Waals surface area contributed by atoms with Crippen LogP contribution in [0.5, 0.6) is 0 Å². The first-order chi connectivity index (χ1) is 21.0. The summed E-state index contributed by atoms with van der Waals surface area (Å²) in [6.07, 6.45) is 11.4. The van der Waals surface area contributed by atoms with E-state index in [-0.39, 0.29) is 11.9 Å². The number of likely N-dealkylation sites (tertiary alicyclic amines) is 2. The molecule has 2 saturated heterocycles. The van der Waals surface area contributed by atoms with Gasteiger partial charge in [0, 0.05) is 25.9 Å². The van der Waals surface area contributed by atoms with Crippen LogP contribution in [0, 0.1) is 11.8 Å². The minimum Gasteiger partial charge on any atom is -0.480 e. The van der Waals surface area contributed by atoms with E-state index in [0.29, 0.717) is 30.7 Å². The molecule has 0 bridgehead atoms. The van der Waals surface area contributed by atoms with Gasteiger partial charge in [-0.25, -0.2) is 0 Å². The van der Waals surface area contributed by atoms with Crippen LogP contribution < -0.4 is 5.32 Å². The summed E-state index contributed by atoms with van der Waals surface area (Å²) < 4.78 is 0. The highest BCUT2D eigenvalue weighted by molar-refractivity contribution is 6.15. The minimum atomic E-state index is -0.615. The number of carboxylic acid groups (broad SMARTS) is 1. The van der Waals surface area contributed by atoms with Crippen LogP contribution in [0.3, 0.4) is 0 Å². The normalized spacial score (nSPS) is 20.3. The predicted molar refractivity (Wildman–Crippen MR) is 180 cm³/mol. The summed E-state index contributed by atoms with van der Waals surface area (Å²) in [5, 5.41) is 12.7. The van der Waals surface area contributed by atoms with Gasteiger partial charge in [-0.3, -0.25) is 14.5 Å². The maximum Gasteiger partial charge on any atom is 0.321 e. The van der Waals surface area contributed by atoms with E-state index in [0.717, 1.165) is 63.8 Å². The van der Waals surface area contributed by atoms with Crippen LogP contribution in [0.15, 0.2) is 60.7 Å². The Hall–Kier alpha value is -2.41. The molecule has 3 fully saturated rings. The van der Waals surface area contributed by atoms with Crippen molar-refractivity contribution < 1.29 is 14.7 Å². The second-order valence-electron chi connectivity index (χ2n) is 11.8. The van der Waals surface area contributed by atoms with Crippen molar-refractivity contribution in [2.45, 2.75) is 90.1 Å². The lowest BCUT2D eigenvalue weighted by atomic mass is 9.83. The molecule has 2 heterocycles. The highest BCUT2D eigenvalue weighted by atomic mass is 35.5. The highest BCUT2D eigenvalue weighted by Crippen LogP contribution is 2.34. The third kappa shape index (κ3) is 13.0. The number of nitrogens with zero attached hydrogens (tertiary/aromatic N) is 2. The summed E-state index contributed by atoms with van der Waals surface area (Å²) in [5.41, 5.74) is 2.52. The summed E-state index contributed by atoms with van der Waals surface area (Å²) in [6, 6.07) is 20.3. The van der Waals surface area contributed by atoms with Crippen LogP contribution in [-0.4, -0.2) is 72.4 Å². The molecule has 3 aliphatic rings. The summed E-state index contributed by atoms with van der Waals surface area (Å²) in [7, 11) is 2.14. The van der Waals surface area contributed by atoms with Gasteiger partial charge in [-0.2, -0.15) is 0 Å². The summed E-state index contributed by atoms with van der Waals surface area (Å²) >= 11 is 4.64. The Morgan fingerprint density at radius 3 is 2.02 bits per heavy atom. The van der Waals surface area contributed by atoms with Gasteiger partial charge in [-0.1, -0.05) is 93.8 Å². The number of alkyl halides is 1. The Bertz CT molecular complexity index is 1010. The van der Waals surface area contributed by atoms with E-state index in [2.05, 4.69) is 58.0 Å². The van der Waals surface area contributed by atoms with Gasteiger partial charge in [0.25, 0.3) is 0 Å². The van der Waals surface area contributed by atoms with E-state index in [4.69, 9.17) is 0 Å². The fourth-order valence-corrected chi connectivity index (χ4v) is 6.54. The van der Waals surface area contributed by atoms with E-state index in [1.54, 1.807) is 0 Å². The van der Waals surface area contributed by atoms with Crippen molar-refractivity contribution in [2.24, 2.45) is 11.8 Å². The SMILES string of the molecule is CC.CCl.CN1CCC(CC(=O)NCc2ccccc2)CC1.O=C(O)[C@@H](C1CCCCC1)N1CCC(c2ccccc2)C1. The number of hydrogen-bond acceptors (Lipinski definition) is 4. The van der Waals surface area contributed by atoms with Gasteiger partial charge in [0.15, 0.2) is 0 Å². The fourth-order valence-electron chi connectivity index (χ4n) is 6.54. The third-order valence-electron chi connectivity index (χ3n) is 8.88. The van der Waals surface area contributed by atoms with E-state index in [1.165, 1.54) is 31.2 Å². The number of benzene rings is 2. The topological polar surface area (TPSA) is 72.9 Å². The van der Waals surface area contributed by atoms with E-state index in [9.17, 15) is 14.7 Å². The zero-order chi connectivity index (χ0) is 31.5. The van der Waals surface area contributed by atoms with E-state index < -0.39 is 5.97 Å². The molecular formula is C36H56ClN3O3. The Morgan fingerprint density at radius 1 is 0.860 bits per heavy atom. The molecule has 7 heteroatoms. The summed E-state index contributed by atoms with van der Waals surface area (Å²) in [6.45, 7) is 8.71. The van der Waals surface area contributed by atoms with Crippen molar-refractivity contribution in [3.63, 3.8) is 0 Å². The Morgan fingerprint density at radius 2 is 1.44 bits per heavy atom. The lowest BCUT2D eigenvalue weighted by Crippen LogP contribution is -2.45. The number of aliphatic carboxylic acids is 1. The molecule has 5 rings (SSSR count). The van der Waals surface area contributed by atoms with Gasteiger partial charge >= 0.3 is 5.97 Å². The van der Waals surface area contributed by atoms with Crippen molar-refractivity contribution >= 4 is 23.5 Å². The standard InChI is InChI=1S/C18H25NO2.C15H22N2O.C2H6.CH3Cl/c20-18(21)17(15-9-5-2-6-10-15)19-12-11-16(13-19)14-7-3-1-4-8-14;1-17-9-7-13(8-10-17)11-15(18)16-12-14-5-3-2-4-6-14;2*1-2/h1,3-4,7-8,15-17H,2,5-6,9-13H2,(H,20,21);2-6,13H,7-12H2,1H3,(H,16,18);1-2H3;1H3/t16?,17-;;;/m1.../s1. The summed E-state index contributed by atoms with van der Waals surface area (Å²) in [4.78, 5) is 28.2. The number of rotatable bonds is 8. The number of hydrogen-bond donors (Lipinski definition) is 2. The van der Waals surface area contributed by atoms with E-state index >= 15 is 0 Å². The van der Waals surface area contributed by atoms with Gasteiger partial charge in [-0.05, 0) is 87.7 Å². The summed E-state index contributed by atoms with van der Waals surface area (Å²) in [5.74, 6) is 0.989. The highest BCUT2D eigenvalue weighted by Gasteiger charge is 2.38. The molecule has 0 aromatic heterocycles. The molecule has 2 aromatic carbocycles. The quantitative estimate of drug-likeness (QED) is 0.303. The largest absolute Gasteiger partial charge is 0.480 e. The zero-order valence-corrected chi connectivity index (χ0v) is 27.8. The Labute approximate surface area is 266 Å². The number of halogens is 1. The zero-order valence-electron chi connectivity index (χ0n) is 27.0. The van der Waals surface area contributed by atoms with Crippen molar-refractivity contribution in [3.05, 3.63) is 71.8 Å². The van der Waals surface area contributed by atoms with Crippen molar-refractivity contribution in [1.29, 1.82) is 0 Å². The van der Waals surface area contributed by atoms with Crippen LogP contribution in [-0.2, 0) is 16.1 Å². The van der Waals surface area contributed by atoms with Crippen LogP contribution in [0.2, 0.25) is 0 Å². The van der Waals surface area contributed by atoms with Crippen LogP contribution in [0.1, 0.15) is 88.7 Å². The number of piperidine rings is 1. The number of carboxylic acids is 1. The number of carbonyl (C=O) groups excluding carboxylic acids is 1. The average Bonchev–Trinajstić information content (AvgIpc) is 3.54. The van der Waals surface area contributed by atoms with E-state index in [1.807, 2.05) is 50.2 Å². The Kier molecular flexibility index (Phi) is 18.2. The number of carbonyl (C=O) groups is 2. The first kappa shape index (κ1) is 36.8. The monoisotopic (exact) mass is 613 g/mol. The molecule has 1 aliphatic carbocycles. The second kappa shape index (κ2) is 21.3. The lowest BCUT2D eigenvalue weighted by Gasteiger charge is -2.33. The Balaban J connectivity index is 0.000000272.